The molecule has 138 valence electrons. The Labute approximate surface area is 152 Å². The van der Waals surface area contributed by atoms with Gasteiger partial charge >= 0.3 is 0 Å². The van der Waals surface area contributed by atoms with Crippen LogP contribution >= 0.6 is 0 Å². The Morgan fingerprint density at radius 3 is 2.54 bits per heavy atom. The molecule has 1 aliphatic carbocycles. The Kier molecular flexibility index (Phi) is 4.28. The van der Waals surface area contributed by atoms with Gasteiger partial charge in [0.25, 0.3) is 21.1 Å². The molecule has 2 aliphatic rings. The zero-order valence-corrected chi connectivity index (χ0v) is 15.4. The summed E-state index contributed by atoms with van der Waals surface area (Å²) in [5.74, 6) is 0.481. The fraction of sp³-hybridized carbons (Fsp3) is 0.471. The number of H-pyrrole nitrogens is 1. The second-order valence-electron chi connectivity index (χ2n) is 6.85. The number of amides is 1. The summed E-state index contributed by atoms with van der Waals surface area (Å²) in [6.45, 7) is 3.21. The van der Waals surface area contributed by atoms with Crippen molar-refractivity contribution in [1.29, 1.82) is 0 Å². The normalized spacial score (nSPS) is 18.9. The van der Waals surface area contributed by atoms with Crippen molar-refractivity contribution in [1.82, 2.24) is 24.4 Å². The zero-order valence-electron chi connectivity index (χ0n) is 14.6. The van der Waals surface area contributed by atoms with Crippen molar-refractivity contribution in [2.75, 3.05) is 26.2 Å². The maximum absolute atomic E-state index is 13.0. The number of aromatic amines is 1. The number of sulfonamides is 1. The van der Waals surface area contributed by atoms with E-state index in [1.165, 1.54) is 10.6 Å². The fourth-order valence-corrected chi connectivity index (χ4v) is 4.59. The number of piperazine rings is 1. The largest absolute Gasteiger partial charge is 0.336 e. The van der Waals surface area contributed by atoms with Crippen molar-refractivity contribution in [2.45, 2.75) is 30.8 Å². The molecule has 0 radical (unpaired) electrons. The summed E-state index contributed by atoms with van der Waals surface area (Å²) >= 11 is 0. The summed E-state index contributed by atoms with van der Waals surface area (Å²) in [7, 11) is -3.68. The lowest BCUT2D eigenvalue weighted by Gasteiger charge is -2.33. The van der Waals surface area contributed by atoms with E-state index in [0.29, 0.717) is 19.0 Å². The van der Waals surface area contributed by atoms with Crippen LogP contribution in [0.5, 0.6) is 0 Å². The van der Waals surface area contributed by atoms with Gasteiger partial charge in [-0.3, -0.25) is 4.79 Å². The second-order valence-corrected chi connectivity index (χ2v) is 8.71. The molecule has 0 unspecified atom stereocenters. The molecule has 9 heteroatoms. The highest BCUT2D eigenvalue weighted by Gasteiger charge is 2.34. The molecule has 1 amide bonds. The van der Waals surface area contributed by atoms with Gasteiger partial charge in [0.05, 0.1) is 0 Å². The van der Waals surface area contributed by atoms with Crippen molar-refractivity contribution in [2.24, 2.45) is 0 Å². The van der Waals surface area contributed by atoms with Crippen LogP contribution in [0.3, 0.4) is 0 Å². The van der Waals surface area contributed by atoms with Gasteiger partial charge in [0.2, 0.25) is 0 Å². The predicted octanol–water partition coefficient (Wildman–Crippen LogP) is 1.14. The molecule has 0 bridgehead atoms. The molecule has 1 aromatic carbocycles. The monoisotopic (exact) mass is 375 g/mol. The van der Waals surface area contributed by atoms with Crippen LogP contribution in [0, 0.1) is 6.92 Å². The van der Waals surface area contributed by atoms with Crippen LogP contribution in [0.1, 0.15) is 40.2 Å². The molecule has 1 aromatic heterocycles. The average Bonchev–Trinajstić information content (AvgIpc) is 3.33. The number of carbonyl (C=O) groups excluding carboxylic acids is 1. The molecule has 2 heterocycles. The van der Waals surface area contributed by atoms with E-state index in [1.807, 2.05) is 19.1 Å². The highest BCUT2D eigenvalue weighted by atomic mass is 32.2. The molecule has 1 saturated carbocycles. The van der Waals surface area contributed by atoms with Gasteiger partial charge in [-0.2, -0.15) is 9.40 Å². The predicted molar refractivity (Wildman–Crippen MR) is 94.2 cm³/mol. The van der Waals surface area contributed by atoms with Gasteiger partial charge in [-0.1, -0.05) is 17.7 Å². The Bertz CT molecular complexity index is 914. The van der Waals surface area contributed by atoms with Gasteiger partial charge < -0.3 is 4.90 Å². The highest BCUT2D eigenvalue weighted by Crippen LogP contribution is 2.42. The first-order valence-corrected chi connectivity index (χ1v) is 10.2. The van der Waals surface area contributed by atoms with Gasteiger partial charge in [-0.05, 0) is 37.3 Å². The van der Waals surface area contributed by atoms with E-state index in [0.717, 1.165) is 29.5 Å². The molecule has 1 aliphatic heterocycles. The van der Waals surface area contributed by atoms with Crippen molar-refractivity contribution < 1.29 is 13.2 Å². The highest BCUT2D eigenvalue weighted by molar-refractivity contribution is 7.88. The first kappa shape index (κ1) is 17.2. The smallest absolute Gasteiger partial charge is 0.278 e. The Morgan fingerprint density at radius 2 is 1.92 bits per heavy atom. The number of aryl methyl sites for hydroxylation is 1. The van der Waals surface area contributed by atoms with Crippen molar-refractivity contribution >= 4 is 15.9 Å². The quantitative estimate of drug-likeness (QED) is 0.864. The van der Waals surface area contributed by atoms with Gasteiger partial charge in [0, 0.05) is 31.7 Å². The molecular weight excluding hydrogens is 354 g/mol. The van der Waals surface area contributed by atoms with Gasteiger partial charge in [-0.15, -0.1) is 0 Å². The number of carbonyl (C=O) groups is 1. The van der Waals surface area contributed by atoms with Crippen molar-refractivity contribution in [3.8, 4) is 0 Å². The molecular formula is C17H21N5O3S. The van der Waals surface area contributed by atoms with Gasteiger partial charge in [0.1, 0.15) is 6.33 Å². The Balaban J connectivity index is 1.49. The Hall–Kier alpha value is -2.26. The summed E-state index contributed by atoms with van der Waals surface area (Å²) in [6.07, 6.45) is 3.43. The number of nitrogens with one attached hydrogen (secondary N) is 1. The first-order chi connectivity index (χ1) is 12.5. The van der Waals surface area contributed by atoms with Crippen molar-refractivity contribution in [3.05, 3.63) is 41.2 Å². The van der Waals surface area contributed by atoms with E-state index in [4.69, 9.17) is 0 Å². The summed E-state index contributed by atoms with van der Waals surface area (Å²) < 4.78 is 26.3. The Morgan fingerprint density at radius 1 is 1.19 bits per heavy atom. The van der Waals surface area contributed by atoms with Crippen LogP contribution < -0.4 is 0 Å². The average molecular weight is 375 g/mol. The summed E-state index contributed by atoms with van der Waals surface area (Å²) in [5, 5.41) is 5.84. The minimum Gasteiger partial charge on any atom is -0.336 e. The number of rotatable bonds is 4. The van der Waals surface area contributed by atoms with Crippen molar-refractivity contribution in [3.63, 3.8) is 0 Å². The third-order valence-corrected chi connectivity index (χ3v) is 6.69. The number of hydrogen-bond donors (Lipinski definition) is 1. The molecule has 4 rings (SSSR count). The van der Waals surface area contributed by atoms with E-state index in [-0.39, 0.29) is 24.2 Å². The van der Waals surface area contributed by atoms with Gasteiger partial charge in [0.15, 0.2) is 0 Å². The maximum Gasteiger partial charge on any atom is 0.278 e. The van der Waals surface area contributed by atoms with E-state index in [2.05, 4.69) is 21.2 Å². The van der Waals surface area contributed by atoms with Crippen LogP contribution in [0.4, 0.5) is 0 Å². The van der Waals surface area contributed by atoms with Crippen LogP contribution in [0.2, 0.25) is 0 Å². The molecule has 1 saturated heterocycles. The lowest BCUT2D eigenvalue weighted by Crippen LogP contribution is -2.50. The molecule has 0 atom stereocenters. The SMILES string of the molecule is Cc1ccc(C2CC2)c(C(=O)N2CCN(S(=O)(=O)c3ncn[nH]3)CC2)c1. The van der Waals surface area contributed by atoms with Crippen LogP contribution in [0.25, 0.3) is 0 Å². The molecule has 2 fully saturated rings. The van der Waals surface area contributed by atoms with E-state index in [9.17, 15) is 13.2 Å². The molecule has 26 heavy (non-hydrogen) atoms. The minimum atomic E-state index is -3.68. The topological polar surface area (TPSA) is 99.3 Å². The van der Waals surface area contributed by atoms with E-state index >= 15 is 0 Å². The van der Waals surface area contributed by atoms with E-state index < -0.39 is 10.0 Å². The third-order valence-electron chi connectivity index (χ3n) is 4.96. The number of benzene rings is 1. The van der Waals surface area contributed by atoms with Gasteiger partial charge in [-0.25, -0.2) is 18.5 Å². The van der Waals surface area contributed by atoms with E-state index in [1.54, 1.807) is 4.90 Å². The minimum absolute atomic E-state index is 0.00712. The molecule has 0 spiro atoms. The summed E-state index contributed by atoms with van der Waals surface area (Å²) in [6, 6.07) is 6.06. The van der Waals surface area contributed by atoms with Crippen LogP contribution in [0.15, 0.2) is 29.7 Å². The van der Waals surface area contributed by atoms with Crippen LogP contribution in [-0.4, -0.2) is 64.9 Å². The molecule has 2 aromatic rings. The summed E-state index contributed by atoms with van der Waals surface area (Å²) in [5.41, 5.74) is 2.95. The zero-order chi connectivity index (χ0) is 18.3. The first-order valence-electron chi connectivity index (χ1n) is 8.72. The second kappa shape index (κ2) is 6.48. The molecule has 1 N–H and O–H groups in total. The number of aromatic nitrogens is 3. The standard InChI is InChI=1S/C17H21N5O3S/c1-12-2-5-14(13-3-4-13)15(10-12)16(23)21-6-8-22(9-7-21)26(24,25)17-18-11-19-20-17/h2,5,10-11,13H,3-4,6-9H2,1H3,(H,18,19,20). The fourth-order valence-electron chi connectivity index (χ4n) is 3.35. The lowest BCUT2D eigenvalue weighted by atomic mass is 9.99. The molecule has 8 nitrogen and oxygen atoms in total. The van der Waals surface area contributed by atoms with Crippen LogP contribution in [-0.2, 0) is 10.0 Å². The summed E-state index contributed by atoms with van der Waals surface area (Å²) in [4.78, 5) is 18.5. The number of nitrogens with zero attached hydrogens (tertiary/aromatic N) is 4. The maximum atomic E-state index is 13.0. The lowest BCUT2D eigenvalue weighted by molar-refractivity contribution is 0.0696. The number of hydrogen-bond acceptors (Lipinski definition) is 5. The third kappa shape index (κ3) is 3.12.